The van der Waals surface area contributed by atoms with Gasteiger partial charge >= 0.3 is 0 Å². The molecular weight excluding hydrogens is 372 g/mol. The number of hydrogen-bond donors (Lipinski definition) is 0. The molecular formula is C31H30. The van der Waals surface area contributed by atoms with Gasteiger partial charge in [-0.2, -0.15) is 0 Å². The van der Waals surface area contributed by atoms with Crippen LogP contribution in [0.3, 0.4) is 0 Å². The molecule has 0 fully saturated rings. The van der Waals surface area contributed by atoms with Gasteiger partial charge in [0.15, 0.2) is 0 Å². The lowest BCUT2D eigenvalue weighted by molar-refractivity contribution is 1.50. The molecule has 0 nitrogen and oxygen atoms in total. The summed E-state index contributed by atoms with van der Waals surface area (Å²) in [4.78, 5) is 0. The minimum Gasteiger partial charge on any atom is -0.103 e. The summed E-state index contributed by atoms with van der Waals surface area (Å²) < 4.78 is 0. The normalized spacial score (nSPS) is 9.90. The second kappa shape index (κ2) is 10.9. The van der Waals surface area contributed by atoms with Crippen LogP contribution in [0.2, 0.25) is 0 Å². The third kappa shape index (κ3) is 4.59. The van der Waals surface area contributed by atoms with Crippen molar-refractivity contribution in [1.29, 1.82) is 0 Å². The molecule has 0 saturated heterocycles. The Balaban J connectivity index is 0.000000504. The Morgan fingerprint density at radius 3 is 0.935 bits per heavy atom. The molecule has 0 aromatic heterocycles. The summed E-state index contributed by atoms with van der Waals surface area (Å²) in [6.07, 6.45) is 1.75. The van der Waals surface area contributed by atoms with Crippen molar-refractivity contribution in [2.75, 3.05) is 0 Å². The first kappa shape index (κ1) is 22.1. The zero-order valence-corrected chi connectivity index (χ0v) is 18.7. The van der Waals surface area contributed by atoms with Crippen molar-refractivity contribution in [3.8, 4) is 22.3 Å². The summed E-state index contributed by atoms with van der Waals surface area (Å²) >= 11 is 0. The highest BCUT2D eigenvalue weighted by Gasteiger charge is 2.15. The molecule has 0 radical (unpaired) electrons. The van der Waals surface area contributed by atoms with E-state index in [1.54, 1.807) is 6.08 Å². The molecule has 0 aliphatic rings. The van der Waals surface area contributed by atoms with Crippen LogP contribution in [-0.2, 0) is 0 Å². The van der Waals surface area contributed by atoms with Gasteiger partial charge in [-0.3, -0.25) is 0 Å². The van der Waals surface area contributed by atoms with Crippen molar-refractivity contribution in [2.24, 2.45) is 0 Å². The number of benzene rings is 5. The van der Waals surface area contributed by atoms with Crippen LogP contribution in [-0.4, -0.2) is 0 Å². The minimum atomic E-state index is 1.26. The molecule has 5 rings (SSSR count). The third-order valence-electron chi connectivity index (χ3n) is 5.06. The molecule has 0 N–H and O–H groups in total. The van der Waals surface area contributed by atoms with Gasteiger partial charge in [-0.05, 0) is 50.7 Å². The quantitative estimate of drug-likeness (QED) is 0.204. The third-order valence-corrected chi connectivity index (χ3v) is 5.06. The van der Waals surface area contributed by atoms with E-state index in [0.29, 0.717) is 0 Å². The largest absolute Gasteiger partial charge is 0.103 e. The van der Waals surface area contributed by atoms with Crippen LogP contribution in [0.5, 0.6) is 0 Å². The van der Waals surface area contributed by atoms with Gasteiger partial charge in [-0.25, -0.2) is 0 Å². The van der Waals surface area contributed by atoms with Gasteiger partial charge in [-0.15, -0.1) is 6.58 Å². The van der Waals surface area contributed by atoms with E-state index in [2.05, 4.69) is 116 Å². The number of allylic oxidation sites excluding steroid dienone is 1. The van der Waals surface area contributed by atoms with Gasteiger partial charge < -0.3 is 0 Å². The number of hydrogen-bond acceptors (Lipinski definition) is 0. The van der Waals surface area contributed by atoms with E-state index in [1.807, 2.05) is 20.8 Å². The van der Waals surface area contributed by atoms with Crippen LogP contribution in [0.25, 0.3) is 43.8 Å². The maximum absolute atomic E-state index is 3.36. The van der Waals surface area contributed by atoms with Gasteiger partial charge in [0.05, 0.1) is 0 Å². The monoisotopic (exact) mass is 402 g/mol. The lowest BCUT2D eigenvalue weighted by atomic mass is 9.86. The molecule has 0 bridgehead atoms. The fourth-order valence-corrected chi connectivity index (χ4v) is 3.96. The van der Waals surface area contributed by atoms with Crippen molar-refractivity contribution in [3.05, 3.63) is 122 Å². The highest BCUT2D eigenvalue weighted by molar-refractivity contribution is 6.21. The highest BCUT2D eigenvalue weighted by atomic mass is 14.2. The van der Waals surface area contributed by atoms with Gasteiger partial charge in [0.2, 0.25) is 0 Å². The Bertz CT molecular complexity index is 1090. The predicted molar refractivity (Wildman–Crippen MR) is 140 cm³/mol. The summed E-state index contributed by atoms with van der Waals surface area (Å²) in [6, 6.07) is 39.0. The SMILES string of the molecule is C=CC.CC.c1ccc(-c2c3ccccc3c(-c3ccccc3)c3ccccc23)cc1. The van der Waals surface area contributed by atoms with Crippen molar-refractivity contribution in [2.45, 2.75) is 20.8 Å². The fraction of sp³-hybridized carbons (Fsp3) is 0.0968. The molecule has 31 heavy (non-hydrogen) atoms. The number of rotatable bonds is 2. The molecule has 0 heteroatoms. The average molecular weight is 403 g/mol. The second-order valence-corrected chi connectivity index (χ2v) is 6.98. The molecule has 154 valence electrons. The Morgan fingerprint density at radius 2 is 0.677 bits per heavy atom. The molecule has 0 unspecified atom stereocenters. The second-order valence-electron chi connectivity index (χ2n) is 6.98. The van der Waals surface area contributed by atoms with Gasteiger partial charge in [-0.1, -0.05) is 129 Å². The van der Waals surface area contributed by atoms with E-state index in [9.17, 15) is 0 Å². The van der Waals surface area contributed by atoms with E-state index in [4.69, 9.17) is 0 Å². The van der Waals surface area contributed by atoms with Crippen LogP contribution < -0.4 is 0 Å². The molecule has 0 aliphatic carbocycles. The summed E-state index contributed by atoms with van der Waals surface area (Å²) in [6.45, 7) is 9.25. The first-order valence-corrected chi connectivity index (χ1v) is 11.0. The molecule has 0 amide bonds. The number of fused-ring (bicyclic) bond motifs is 2. The maximum atomic E-state index is 3.36. The lowest BCUT2D eigenvalue weighted by Crippen LogP contribution is -1.90. The Hall–Kier alpha value is -3.64. The van der Waals surface area contributed by atoms with Crippen LogP contribution >= 0.6 is 0 Å². The topological polar surface area (TPSA) is 0 Å². The first-order valence-electron chi connectivity index (χ1n) is 11.0. The van der Waals surface area contributed by atoms with Gasteiger partial charge in [0.1, 0.15) is 0 Å². The molecule has 0 atom stereocenters. The van der Waals surface area contributed by atoms with Crippen molar-refractivity contribution >= 4 is 21.5 Å². The van der Waals surface area contributed by atoms with E-state index < -0.39 is 0 Å². The van der Waals surface area contributed by atoms with Crippen molar-refractivity contribution in [1.82, 2.24) is 0 Å². The van der Waals surface area contributed by atoms with E-state index in [-0.39, 0.29) is 0 Å². The molecule has 0 spiro atoms. The van der Waals surface area contributed by atoms with Crippen LogP contribution in [0.15, 0.2) is 122 Å². The first-order chi connectivity index (χ1) is 15.3. The van der Waals surface area contributed by atoms with Crippen LogP contribution in [0.1, 0.15) is 20.8 Å². The Labute approximate surface area is 186 Å². The van der Waals surface area contributed by atoms with Gasteiger partial charge in [0, 0.05) is 0 Å². The molecule has 5 aromatic rings. The van der Waals surface area contributed by atoms with Crippen molar-refractivity contribution in [3.63, 3.8) is 0 Å². The van der Waals surface area contributed by atoms with Crippen molar-refractivity contribution < 1.29 is 0 Å². The van der Waals surface area contributed by atoms with E-state index in [1.165, 1.54) is 43.8 Å². The van der Waals surface area contributed by atoms with Crippen LogP contribution in [0, 0.1) is 0 Å². The molecule has 5 aromatic carbocycles. The van der Waals surface area contributed by atoms with E-state index in [0.717, 1.165) is 0 Å². The zero-order chi connectivity index (χ0) is 22.1. The summed E-state index contributed by atoms with van der Waals surface area (Å²) in [5, 5.41) is 5.21. The predicted octanol–water partition coefficient (Wildman–Crippen LogP) is 9.55. The molecule has 0 aliphatic heterocycles. The Kier molecular flexibility index (Phi) is 7.79. The fourth-order valence-electron chi connectivity index (χ4n) is 3.96. The lowest BCUT2D eigenvalue weighted by Gasteiger charge is -2.17. The zero-order valence-electron chi connectivity index (χ0n) is 18.7. The smallest absolute Gasteiger partial charge is 0.00264 e. The average Bonchev–Trinajstić information content (AvgIpc) is 2.85. The summed E-state index contributed by atoms with van der Waals surface area (Å²) in [7, 11) is 0. The highest BCUT2D eigenvalue weighted by Crippen LogP contribution is 2.43. The van der Waals surface area contributed by atoms with Crippen LogP contribution in [0.4, 0.5) is 0 Å². The molecule has 0 saturated carbocycles. The molecule has 0 heterocycles. The van der Waals surface area contributed by atoms with Gasteiger partial charge in [0.25, 0.3) is 0 Å². The van der Waals surface area contributed by atoms with E-state index >= 15 is 0 Å². The maximum Gasteiger partial charge on any atom is -0.00264 e. The Morgan fingerprint density at radius 1 is 0.452 bits per heavy atom. The summed E-state index contributed by atoms with van der Waals surface area (Å²) in [5.41, 5.74) is 5.16. The minimum absolute atomic E-state index is 1.26. The standard InChI is InChI=1S/C26H18.C3H6.C2H6/c1-3-11-19(12-4-1)25-21-15-7-9-17-23(21)26(20-13-5-2-6-14-20)24-18-10-8-16-22(24)25;1-3-2;1-2/h1-18H;3H,1H2,2H3;1-2H3. The summed E-state index contributed by atoms with van der Waals surface area (Å²) in [5.74, 6) is 0.